The zero-order valence-electron chi connectivity index (χ0n) is 19.7. The molecule has 0 unspecified atom stereocenters. The number of hydrogen-bond acceptors (Lipinski definition) is 3. The highest BCUT2D eigenvalue weighted by Gasteiger charge is 2.16. The first-order valence-electron chi connectivity index (χ1n) is 12.4. The van der Waals surface area contributed by atoms with Gasteiger partial charge in [0.15, 0.2) is 0 Å². The molecule has 0 saturated carbocycles. The number of rotatable bonds is 18. The molecule has 0 bridgehead atoms. The van der Waals surface area contributed by atoms with Gasteiger partial charge >= 0.3 is 5.97 Å². The molecule has 0 spiro atoms. The lowest BCUT2D eigenvalue weighted by molar-refractivity contribution is -0.138. The van der Waals surface area contributed by atoms with E-state index in [1.165, 1.54) is 89.7 Å². The van der Waals surface area contributed by atoms with Gasteiger partial charge in [0.1, 0.15) is 0 Å². The Bertz CT molecular complexity index is 448. The molecule has 0 aliphatic carbocycles. The zero-order valence-corrected chi connectivity index (χ0v) is 19.7. The van der Waals surface area contributed by atoms with Gasteiger partial charge in [0.2, 0.25) is 5.91 Å². The van der Waals surface area contributed by atoms with Crippen molar-refractivity contribution in [1.29, 1.82) is 0 Å². The van der Waals surface area contributed by atoms with Crippen LogP contribution in [0.1, 0.15) is 122 Å². The van der Waals surface area contributed by atoms with Crippen molar-refractivity contribution < 1.29 is 14.3 Å². The van der Waals surface area contributed by atoms with Crippen LogP contribution in [0.3, 0.4) is 0 Å². The van der Waals surface area contributed by atoms with Crippen LogP contribution in [0.25, 0.3) is 0 Å². The number of hydrogen-bond donors (Lipinski definition) is 0. The fourth-order valence-electron chi connectivity index (χ4n) is 3.65. The Morgan fingerprint density at radius 1 is 0.867 bits per heavy atom. The van der Waals surface area contributed by atoms with Crippen molar-refractivity contribution in [3.8, 4) is 0 Å². The number of carbonyl (C=O) groups excluding carboxylic acids is 2. The Balaban J connectivity index is 0.000000867. The van der Waals surface area contributed by atoms with Crippen molar-refractivity contribution in [2.24, 2.45) is 0 Å². The topological polar surface area (TPSA) is 46.6 Å². The summed E-state index contributed by atoms with van der Waals surface area (Å²) in [5.74, 6) is 0.0599. The number of ether oxygens (including phenoxy) is 1. The van der Waals surface area contributed by atoms with Gasteiger partial charge in [-0.25, -0.2) is 0 Å². The molecule has 0 radical (unpaired) electrons. The average molecular weight is 422 g/mol. The van der Waals surface area contributed by atoms with Crippen molar-refractivity contribution in [2.75, 3.05) is 6.54 Å². The summed E-state index contributed by atoms with van der Waals surface area (Å²) in [5, 5.41) is 0. The Morgan fingerprint density at radius 3 is 1.67 bits per heavy atom. The third-order valence-corrected chi connectivity index (χ3v) is 5.53. The van der Waals surface area contributed by atoms with Crippen LogP contribution in [-0.4, -0.2) is 23.3 Å². The number of amides is 1. The monoisotopic (exact) mass is 421 g/mol. The van der Waals surface area contributed by atoms with Crippen molar-refractivity contribution in [3.05, 3.63) is 25.6 Å². The summed E-state index contributed by atoms with van der Waals surface area (Å²) in [5.41, 5.74) is 0. The number of likely N-dealkylation sites (tertiary alicyclic amines) is 1. The van der Waals surface area contributed by atoms with Gasteiger partial charge in [-0.05, 0) is 19.0 Å². The molecule has 1 amide bonds. The number of esters is 1. The van der Waals surface area contributed by atoms with Gasteiger partial charge in [0.25, 0.3) is 0 Å². The van der Waals surface area contributed by atoms with E-state index in [4.69, 9.17) is 0 Å². The second-order valence-corrected chi connectivity index (χ2v) is 8.23. The van der Waals surface area contributed by atoms with Crippen LogP contribution in [0, 0.1) is 0 Å². The van der Waals surface area contributed by atoms with E-state index in [9.17, 15) is 9.59 Å². The Kier molecular flexibility index (Phi) is 20.9. The molecule has 1 heterocycles. The summed E-state index contributed by atoms with van der Waals surface area (Å²) in [6.07, 6.45) is 25.2. The molecule has 4 nitrogen and oxygen atoms in total. The van der Waals surface area contributed by atoms with E-state index in [0.717, 1.165) is 25.8 Å². The predicted octanol–water partition coefficient (Wildman–Crippen LogP) is 7.69. The van der Waals surface area contributed by atoms with Crippen LogP contribution in [-0.2, 0) is 14.3 Å². The smallest absolute Gasteiger partial charge is 0.310 e. The SMILES string of the molecule is C=CN1CCCC1=O.C=COC(=O)CCCCCCCCCCCCCCCCC. The van der Waals surface area contributed by atoms with Crippen LogP contribution < -0.4 is 0 Å². The molecule has 0 aromatic carbocycles. The van der Waals surface area contributed by atoms with E-state index in [2.05, 4.69) is 24.8 Å². The minimum absolute atomic E-state index is 0.148. The standard InChI is InChI=1S/C20H38O2.C6H9NO/c1-3-5-6-7-8-9-10-11-12-13-14-15-16-17-18-19-20(21)22-4-2;1-2-7-5-3-4-6(7)8/h4H,2-3,5-19H2,1H3;2H,1,3-5H2. The van der Waals surface area contributed by atoms with Crippen molar-refractivity contribution in [3.63, 3.8) is 0 Å². The second kappa shape index (κ2) is 22.1. The molecule has 0 N–H and O–H groups in total. The molecule has 4 heteroatoms. The summed E-state index contributed by atoms with van der Waals surface area (Å²) in [4.78, 5) is 23.4. The number of unbranched alkanes of at least 4 members (excludes halogenated alkanes) is 14. The van der Waals surface area contributed by atoms with Crippen LogP contribution in [0.2, 0.25) is 0 Å². The lowest BCUT2D eigenvalue weighted by atomic mass is 10.0. The lowest BCUT2D eigenvalue weighted by Crippen LogP contribution is -2.16. The average Bonchev–Trinajstić information content (AvgIpc) is 3.16. The van der Waals surface area contributed by atoms with E-state index in [0.29, 0.717) is 12.8 Å². The van der Waals surface area contributed by atoms with E-state index in [1.54, 1.807) is 11.1 Å². The molecule has 0 atom stereocenters. The van der Waals surface area contributed by atoms with Gasteiger partial charge in [-0.3, -0.25) is 9.59 Å². The molecule has 1 aliphatic rings. The Morgan fingerprint density at radius 2 is 1.33 bits per heavy atom. The summed E-state index contributed by atoms with van der Waals surface area (Å²) >= 11 is 0. The van der Waals surface area contributed by atoms with Gasteiger partial charge in [0, 0.05) is 19.4 Å². The van der Waals surface area contributed by atoms with E-state index in [-0.39, 0.29) is 11.9 Å². The highest BCUT2D eigenvalue weighted by molar-refractivity contribution is 5.78. The number of carbonyl (C=O) groups is 2. The summed E-state index contributed by atoms with van der Waals surface area (Å²) in [7, 11) is 0. The molecule has 1 fully saturated rings. The van der Waals surface area contributed by atoms with Crippen molar-refractivity contribution in [2.45, 2.75) is 122 Å². The van der Waals surface area contributed by atoms with E-state index < -0.39 is 0 Å². The van der Waals surface area contributed by atoms with Gasteiger partial charge < -0.3 is 9.64 Å². The molecule has 0 aromatic rings. The quantitative estimate of drug-likeness (QED) is 0.129. The maximum atomic E-state index is 11.1. The van der Waals surface area contributed by atoms with Crippen molar-refractivity contribution in [1.82, 2.24) is 4.90 Å². The maximum Gasteiger partial charge on any atom is 0.310 e. The zero-order chi connectivity index (χ0) is 22.3. The van der Waals surface area contributed by atoms with Crippen molar-refractivity contribution >= 4 is 11.9 Å². The third kappa shape index (κ3) is 18.4. The fourth-order valence-corrected chi connectivity index (χ4v) is 3.65. The highest BCUT2D eigenvalue weighted by Crippen LogP contribution is 2.13. The third-order valence-electron chi connectivity index (χ3n) is 5.53. The second-order valence-electron chi connectivity index (χ2n) is 8.23. The first-order valence-corrected chi connectivity index (χ1v) is 12.4. The molecular weight excluding hydrogens is 374 g/mol. The maximum absolute atomic E-state index is 11.1. The van der Waals surface area contributed by atoms with Crippen LogP contribution >= 0.6 is 0 Å². The van der Waals surface area contributed by atoms with Gasteiger partial charge in [-0.2, -0.15) is 0 Å². The lowest BCUT2D eigenvalue weighted by Gasteiger charge is -2.05. The van der Waals surface area contributed by atoms with Gasteiger partial charge in [0.05, 0.1) is 6.26 Å². The molecule has 174 valence electrons. The molecule has 1 saturated heterocycles. The normalized spacial score (nSPS) is 13.0. The largest absolute Gasteiger partial charge is 0.435 e. The molecular formula is C26H47NO3. The van der Waals surface area contributed by atoms with Crippen LogP contribution in [0.5, 0.6) is 0 Å². The first kappa shape index (κ1) is 28.4. The summed E-state index contributed by atoms with van der Waals surface area (Å²) in [6.45, 7) is 10.0. The molecule has 1 rings (SSSR count). The van der Waals surface area contributed by atoms with Crippen LogP contribution in [0.4, 0.5) is 0 Å². The van der Waals surface area contributed by atoms with E-state index >= 15 is 0 Å². The minimum atomic E-state index is -0.148. The fraction of sp³-hybridized carbons (Fsp3) is 0.769. The minimum Gasteiger partial charge on any atom is -0.435 e. The Hall–Kier alpha value is -1.58. The highest BCUT2D eigenvalue weighted by atomic mass is 16.5. The van der Waals surface area contributed by atoms with Gasteiger partial charge in [-0.15, -0.1) is 0 Å². The summed E-state index contributed by atoms with van der Waals surface area (Å²) < 4.78 is 4.69. The Labute approximate surface area is 186 Å². The number of nitrogens with zero attached hydrogens (tertiary/aromatic N) is 1. The van der Waals surface area contributed by atoms with Crippen LogP contribution in [0.15, 0.2) is 25.6 Å². The van der Waals surface area contributed by atoms with E-state index in [1.807, 2.05) is 0 Å². The predicted molar refractivity (Wildman–Crippen MR) is 127 cm³/mol. The molecule has 30 heavy (non-hydrogen) atoms. The molecule has 1 aliphatic heterocycles. The van der Waals surface area contributed by atoms with Gasteiger partial charge in [-0.1, -0.05) is 110 Å². The first-order chi connectivity index (χ1) is 14.7. The summed E-state index contributed by atoms with van der Waals surface area (Å²) in [6, 6.07) is 0. The molecule has 0 aromatic heterocycles.